The number of hydrogen-bond acceptors (Lipinski definition) is 5. The Bertz CT molecular complexity index is 1110. The lowest BCUT2D eigenvalue weighted by Crippen LogP contribution is -2.18. The Morgan fingerprint density at radius 3 is 2.62 bits per heavy atom. The predicted octanol–water partition coefficient (Wildman–Crippen LogP) is 4.18. The fraction of sp³-hybridized carbons (Fsp3) is 0.350. The molecule has 0 saturated heterocycles. The van der Waals surface area contributed by atoms with Gasteiger partial charge in [0.15, 0.2) is 0 Å². The van der Waals surface area contributed by atoms with Crippen LogP contribution < -0.4 is 11.1 Å². The fourth-order valence-electron chi connectivity index (χ4n) is 3.30. The van der Waals surface area contributed by atoms with Crippen molar-refractivity contribution >= 4 is 35.2 Å². The van der Waals surface area contributed by atoms with Gasteiger partial charge in [-0.3, -0.25) is 0 Å². The van der Waals surface area contributed by atoms with Crippen LogP contribution in [-0.2, 0) is 0 Å². The number of carboxylic acid groups (broad SMARTS) is 1. The van der Waals surface area contributed by atoms with Crippen molar-refractivity contribution in [3.05, 3.63) is 41.0 Å². The van der Waals surface area contributed by atoms with Crippen molar-refractivity contribution in [2.45, 2.75) is 45.2 Å². The first kappa shape index (κ1) is 21.0. The number of rotatable bonds is 5. The highest BCUT2D eigenvalue weighted by Gasteiger charge is 2.38. The highest BCUT2D eigenvalue weighted by atomic mass is 35.5. The fourth-order valence-corrected chi connectivity index (χ4v) is 3.30. The number of halogens is 2. The minimum atomic E-state index is -1.12. The lowest BCUT2D eigenvalue weighted by Gasteiger charge is -2.15. The molecule has 0 amide bonds. The summed E-state index contributed by atoms with van der Waals surface area (Å²) in [7, 11) is 0. The van der Waals surface area contributed by atoms with Gasteiger partial charge >= 0.3 is 5.97 Å². The zero-order valence-corrected chi connectivity index (χ0v) is 17.2. The van der Waals surface area contributed by atoms with Gasteiger partial charge in [0.25, 0.3) is 0 Å². The first-order chi connectivity index (χ1) is 13.2. The molecule has 4 rings (SSSR count). The average Bonchev–Trinajstić information content (AvgIpc) is 3.17. The van der Waals surface area contributed by atoms with Crippen LogP contribution >= 0.6 is 12.4 Å². The summed E-state index contributed by atoms with van der Waals surface area (Å²) in [6, 6.07) is 3.74. The number of nitrogens with zero attached hydrogens (tertiary/aromatic N) is 2. The lowest BCUT2D eigenvalue weighted by molar-refractivity contribution is 0.0695. The van der Waals surface area contributed by atoms with Crippen LogP contribution in [0.25, 0.3) is 22.3 Å². The van der Waals surface area contributed by atoms with Crippen LogP contribution in [-0.4, -0.2) is 31.6 Å². The first-order valence-corrected chi connectivity index (χ1v) is 9.16. The largest absolute Gasteiger partial charge is 0.478 e. The molecule has 7 nitrogen and oxygen atoms in total. The standard InChI is InChI=1S/C20H22FN5O2.ClH/c1-9(22)16-11(19(27)28)8-14(24-16)15-12(21)4-5-13-17(15)25-18(10(2)23-13)26-20(3)6-7-20;/h4-5,8-9,24H,6-7,22H2,1-3H3,(H,25,26)(H,27,28);1H. The maximum Gasteiger partial charge on any atom is 0.337 e. The van der Waals surface area contributed by atoms with Crippen molar-refractivity contribution in [2.75, 3.05) is 5.32 Å². The quantitative estimate of drug-likeness (QED) is 0.493. The van der Waals surface area contributed by atoms with Gasteiger partial charge in [0.1, 0.15) is 17.2 Å². The van der Waals surface area contributed by atoms with E-state index in [-0.39, 0.29) is 29.1 Å². The van der Waals surface area contributed by atoms with Crippen LogP contribution in [0.5, 0.6) is 0 Å². The summed E-state index contributed by atoms with van der Waals surface area (Å²) in [4.78, 5) is 23.8. The summed E-state index contributed by atoms with van der Waals surface area (Å²) < 4.78 is 14.8. The van der Waals surface area contributed by atoms with Crippen molar-refractivity contribution < 1.29 is 14.3 Å². The molecule has 2 heterocycles. The number of H-pyrrole nitrogens is 1. The molecule has 0 aliphatic heterocycles. The molecule has 1 aromatic carbocycles. The third-order valence-electron chi connectivity index (χ3n) is 5.18. The van der Waals surface area contributed by atoms with E-state index in [0.717, 1.165) is 18.5 Å². The van der Waals surface area contributed by atoms with E-state index in [1.165, 1.54) is 12.1 Å². The molecule has 1 unspecified atom stereocenters. The van der Waals surface area contributed by atoms with Crippen LogP contribution in [0.1, 0.15) is 54.5 Å². The van der Waals surface area contributed by atoms with Crippen molar-refractivity contribution in [3.63, 3.8) is 0 Å². The first-order valence-electron chi connectivity index (χ1n) is 9.16. The van der Waals surface area contributed by atoms with Gasteiger partial charge in [0.05, 0.1) is 28.0 Å². The summed E-state index contributed by atoms with van der Waals surface area (Å²) in [6.45, 7) is 5.63. The molecule has 3 aromatic rings. The molecule has 5 N–H and O–H groups in total. The van der Waals surface area contributed by atoms with Crippen molar-refractivity contribution in [3.8, 4) is 11.3 Å². The monoisotopic (exact) mass is 419 g/mol. The summed E-state index contributed by atoms with van der Waals surface area (Å²) in [5.41, 5.74) is 8.37. The van der Waals surface area contributed by atoms with Crippen molar-refractivity contribution in [1.29, 1.82) is 0 Å². The normalized spacial score (nSPS) is 15.6. The van der Waals surface area contributed by atoms with E-state index < -0.39 is 17.8 Å². The van der Waals surface area contributed by atoms with Crippen LogP contribution in [0.3, 0.4) is 0 Å². The molecule has 154 valence electrons. The topological polar surface area (TPSA) is 117 Å². The molecule has 1 saturated carbocycles. The lowest BCUT2D eigenvalue weighted by atomic mass is 10.1. The molecule has 1 atom stereocenters. The number of aryl methyl sites for hydroxylation is 1. The summed E-state index contributed by atoms with van der Waals surface area (Å²) >= 11 is 0. The number of aromatic carboxylic acids is 1. The number of benzene rings is 1. The molecule has 1 fully saturated rings. The van der Waals surface area contributed by atoms with Gasteiger partial charge in [-0.2, -0.15) is 0 Å². The molecular weight excluding hydrogens is 397 g/mol. The Hall–Kier alpha value is -2.71. The van der Waals surface area contributed by atoms with Gasteiger partial charge in [0, 0.05) is 17.3 Å². The highest BCUT2D eigenvalue weighted by Crippen LogP contribution is 2.39. The van der Waals surface area contributed by atoms with E-state index in [0.29, 0.717) is 28.2 Å². The molecule has 1 aliphatic rings. The predicted molar refractivity (Wildman–Crippen MR) is 112 cm³/mol. The minimum Gasteiger partial charge on any atom is -0.478 e. The van der Waals surface area contributed by atoms with Crippen LogP contribution in [0.15, 0.2) is 18.2 Å². The second-order valence-corrected chi connectivity index (χ2v) is 7.74. The Morgan fingerprint density at radius 1 is 1.38 bits per heavy atom. The maximum absolute atomic E-state index is 14.8. The zero-order valence-electron chi connectivity index (χ0n) is 16.3. The third-order valence-corrected chi connectivity index (χ3v) is 5.18. The SMILES string of the molecule is Cc1nc2ccc(F)c(-c3cc(C(=O)O)c(C(C)N)[nH]3)c2nc1NC1(C)CC1.Cl. The summed E-state index contributed by atoms with van der Waals surface area (Å²) in [5.74, 6) is -1.03. The third kappa shape index (κ3) is 3.77. The molecule has 0 spiro atoms. The van der Waals surface area contributed by atoms with Crippen LogP contribution in [0.4, 0.5) is 10.2 Å². The molecular formula is C20H23ClFN5O2. The van der Waals surface area contributed by atoms with E-state index in [1.807, 2.05) is 6.92 Å². The smallest absolute Gasteiger partial charge is 0.337 e. The van der Waals surface area contributed by atoms with E-state index in [9.17, 15) is 14.3 Å². The van der Waals surface area contributed by atoms with Gasteiger partial charge in [-0.15, -0.1) is 12.4 Å². The van der Waals surface area contributed by atoms with E-state index in [4.69, 9.17) is 5.73 Å². The maximum atomic E-state index is 14.8. The molecule has 29 heavy (non-hydrogen) atoms. The minimum absolute atomic E-state index is 0. The molecule has 1 aliphatic carbocycles. The average molecular weight is 420 g/mol. The van der Waals surface area contributed by atoms with Crippen molar-refractivity contribution in [2.24, 2.45) is 5.73 Å². The van der Waals surface area contributed by atoms with Crippen LogP contribution in [0, 0.1) is 12.7 Å². The summed E-state index contributed by atoms with van der Waals surface area (Å²) in [6.07, 6.45) is 2.08. The second-order valence-electron chi connectivity index (χ2n) is 7.74. The number of aromatic amines is 1. The van der Waals surface area contributed by atoms with Gasteiger partial charge in [-0.1, -0.05) is 0 Å². The molecule has 0 radical (unpaired) electrons. The van der Waals surface area contributed by atoms with E-state index in [1.54, 1.807) is 13.0 Å². The van der Waals surface area contributed by atoms with Gasteiger partial charge < -0.3 is 21.1 Å². The molecule has 9 heteroatoms. The second kappa shape index (κ2) is 7.27. The van der Waals surface area contributed by atoms with Crippen LogP contribution in [0.2, 0.25) is 0 Å². The molecule has 0 bridgehead atoms. The number of nitrogens with one attached hydrogen (secondary N) is 2. The van der Waals surface area contributed by atoms with E-state index >= 15 is 0 Å². The Kier molecular flexibility index (Phi) is 5.27. The number of aromatic nitrogens is 3. The Balaban J connectivity index is 0.00000240. The Labute approximate surface area is 173 Å². The van der Waals surface area contributed by atoms with E-state index in [2.05, 4.69) is 27.2 Å². The number of carboxylic acids is 1. The summed E-state index contributed by atoms with van der Waals surface area (Å²) in [5, 5.41) is 12.8. The number of hydrogen-bond donors (Lipinski definition) is 4. The number of carbonyl (C=O) groups is 1. The van der Waals surface area contributed by atoms with Gasteiger partial charge in [-0.25, -0.2) is 19.2 Å². The number of nitrogens with two attached hydrogens (primary N) is 1. The highest BCUT2D eigenvalue weighted by molar-refractivity contribution is 5.96. The Morgan fingerprint density at radius 2 is 2.07 bits per heavy atom. The van der Waals surface area contributed by atoms with Gasteiger partial charge in [0.2, 0.25) is 0 Å². The number of anilines is 1. The van der Waals surface area contributed by atoms with Gasteiger partial charge in [-0.05, 0) is 51.8 Å². The number of fused-ring (bicyclic) bond motifs is 1. The zero-order chi connectivity index (χ0) is 20.2. The molecule has 2 aromatic heterocycles. The van der Waals surface area contributed by atoms with Crippen molar-refractivity contribution in [1.82, 2.24) is 15.0 Å².